The number of aromatic nitrogens is 1. The van der Waals surface area contributed by atoms with Gasteiger partial charge in [-0.05, 0) is 49.4 Å². The van der Waals surface area contributed by atoms with Gasteiger partial charge in [-0.3, -0.25) is 4.98 Å². The number of rotatable bonds is 4. The number of pyridine rings is 1. The van der Waals surface area contributed by atoms with Gasteiger partial charge in [-0.2, -0.15) is 0 Å². The van der Waals surface area contributed by atoms with Gasteiger partial charge in [0, 0.05) is 11.6 Å². The van der Waals surface area contributed by atoms with Gasteiger partial charge in [-0.25, -0.2) is 4.39 Å². The number of nitrogens with zero attached hydrogens (tertiary/aromatic N) is 1. The minimum absolute atomic E-state index is 0.142. The minimum Gasteiger partial charge on any atom is -0.459 e. The van der Waals surface area contributed by atoms with E-state index in [-0.39, 0.29) is 11.9 Å². The van der Waals surface area contributed by atoms with Crippen molar-refractivity contribution in [2.24, 2.45) is 0 Å². The predicted octanol–water partition coefficient (Wildman–Crippen LogP) is 3.84. The highest BCUT2D eigenvalue weighted by Crippen LogP contribution is 2.29. The summed E-state index contributed by atoms with van der Waals surface area (Å²) >= 11 is 0. The lowest BCUT2D eigenvalue weighted by Crippen LogP contribution is -2.19. The summed E-state index contributed by atoms with van der Waals surface area (Å²) in [6, 6.07) is 10.3. The van der Waals surface area contributed by atoms with Gasteiger partial charge >= 0.3 is 0 Å². The quantitative estimate of drug-likeness (QED) is 0.791. The smallest absolute Gasteiger partial charge is 0.134 e. The molecule has 2 aromatic heterocycles. The lowest BCUT2D eigenvalue weighted by Gasteiger charge is -2.16. The summed E-state index contributed by atoms with van der Waals surface area (Å²) in [4.78, 5) is 4.49. The molecule has 1 atom stereocenters. The molecule has 0 fully saturated rings. The van der Waals surface area contributed by atoms with Crippen LogP contribution in [0, 0.1) is 5.82 Å². The van der Waals surface area contributed by atoms with E-state index in [0.29, 0.717) is 5.58 Å². The maximum atomic E-state index is 13.3. The molecule has 0 amide bonds. The van der Waals surface area contributed by atoms with Crippen LogP contribution in [0.2, 0.25) is 0 Å². The predicted molar refractivity (Wildman–Crippen MR) is 80.7 cm³/mol. The van der Waals surface area contributed by atoms with E-state index in [1.165, 1.54) is 17.7 Å². The lowest BCUT2D eigenvalue weighted by atomic mass is 10.0. The van der Waals surface area contributed by atoms with Crippen molar-refractivity contribution in [2.75, 3.05) is 7.05 Å². The van der Waals surface area contributed by atoms with Crippen LogP contribution in [-0.4, -0.2) is 12.0 Å². The summed E-state index contributed by atoms with van der Waals surface area (Å²) in [5.74, 6) is 0.481. The van der Waals surface area contributed by atoms with Gasteiger partial charge in [0.25, 0.3) is 0 Å². The number of fused-ring (bicyclic) bond motifs is 1. The fraction of sp³-hybridized carbons (Fsp3) is 0.235. The molecule has 3 rings (SSSR count). The average molecular weight is 284 g/mol. The number of benzene rings is 1. The summed E-state index contributed by atoms with van der Waals surface area (Å²) < 4.78 is 19.2. The molecule has 0 aliphatic rings. The van der Waals surface area contributed by atoms with Gasteiger partial charge < -0.3 is 9.73 Å². The molecule has 0 aliphatic heterocycles. The minimum atomic E-state index is -0.261. The molecular weight excluding hydrogens is 267 g/mol. The molecule has 0 saturated carbocycles. The molecule has 1 N–H and O–H groups in total. The van der Waals surface area contributed by atoms with Gasteiger partial charge in [0.1, 0.15) is 23.2 Å². The molecule has 0 saturated heterocycles. The molecule has 2 heterocycles. The Morgan fingerprint density at radius 2 is 2.14 bits per heavy atom. The maximum absolute atomic E-state index is 13.3. The Hall–Kier alpha value is -2.20. The standard InChI is InChI=1S/C17H17FN2O/c1-3-11-5-4-8-20-16(11)17(19-2)15-10-12-9-13(18)6-7-14(12)21-15/h4-10,17,19H,3H2,1-2H3. The van der Waals surface area contributed by atoms with Gasteiger partial charge in [-0.1, -0.05) is 13.0 Å². The molecule has 0 radical (unpaired) electrons. The van der Waals surface area contributed by atoms with Crippen molar-refractivity contribution in [2.45, 2.75) is 19.4 Å². The van der Waals surface area contributed by atoms with Crippen molar-refractivity contribution < 1.29 is 8.81 Å². The van der Waals surface area contributed by atoms with Crippen molar-refractivity contribution in [1.82, 2.24) is 10.3 Å². The Balaban J connectivity index is 2.09. The largest absolute Gasteiger partial charge is 0.459 e. The van der Waals surface area contributed by atoms with Crippen LogP contribution >= 0.6 is 0 Å². The van der Waals surface area contributed by atoms with Gasteiger partial charge in [0.15, 0.2) is 0 Å². The molecule has 21 heavy (non-hydrogen) atoms. The second-order valence-electron chi connectivity index (χ2n) is 4.95. The first-order valence-corrected chi connectivity index (χ1v) is 7.03. The van der Waals surface area contributed by atoms with Crippen LogP contribution in [-0.2, 0) is 6.42 Å². The summed E-state index contributed by atoms with van der Waals surface area (Å²) in [7, 11) is 1.87. The van der Waals surface area contributed by atoms with Crippen LogP contribution in [0.25, 0.3) is 11.0 Å². The van der Waals surface area contributed by atoms with E-state index < -0.39 is 0 Å². The zero-order chi connectivity index (χ0) is 14.8. The number of furan rings is 1. The van der Waals surface area contributed by atoms with E-state index in [1.54, 1.807) is 12.3 Å². The molecule has 1 unspecified atom stereocenters. The average Bonchev–Trinajstić information content (AvgIpc) is 2.91. The molecule has 108 valence electrons. The second kappa shape index (κ2) is 5.66. The number of hydrogen-bond donors (Lipinski definition) is 1. The number of hydrogen-bond acceptors (Lipinski definition) is 3. The Morgan fingerprint density at radius 1 is 1.29 bits per heavy atom. The highest BCUT2D eigenvalue weighted by Gasteiger charge is 2.20. The van der Waals surface area contributed by atoms with E-state index in [9.17, 15) is 4.39 Å². The van der Waals surface area contributed by atoms with Gasteiger partial charge in [0.2, 0.25) is 0 Å². The highest BCUT2D eigenvalue weighted by molar-refractivity contribution is 5.78. The van der Waals surface area contributed by atoms with E-state index in [4.69, 9.17) is 4.42 Å². The first-order chi connectivity index (χ1) is 10.2. The molecule has 1 aromatic carbocycles. The Labute approximate surface area is 122 Å². The Morgan fingerprint density at radius 3 is 2.90 bits per heavy atom. The molecule has 3 aromatic rings. The fourth-order valence-electron chi connectivity index (χ4n) is 2.60. The normalized spacial score (nSPS) is 12.7. The van der Waals surface area contributed by atoms with Crippen molar-refractivity contribution >= 4 is 11.0 Å². The SMILES string of the molecule is CCc1cccnc1C(NC)c1cc2cc(F)ccc2o1. The van der Waals surface area contributed by atoms with Crippen LogP contribution in [0.1, 0.15) is 30.0 Å². The topological polar surface area (TPSA) is 38.1 Å². The third-order valence-corrected chi connectivity index (χ3v) is 3.65. The zero-order valence-electron chi connectivity index (χ0n) is 12.1. The number of halogens is 1. The maximum Gasteiger partial charge on any atom is 0.134 e. The summed E-state index contributed by atoms with van der Waals surface area (Å²) in [5.41, 5.74) is 2.80. The van der Waals surface area contributed by atoms with Crippen LogP contribution < -0.4 is 5.32 Å². The van der Waals surface area contributed by atoms with Crippen molar-refractivity contribution in [3.8, 4) is 0 Å². The number of aryl methyl sites for hydroxylation is 1. The van der Waals surface area contributed by atoms with Crippen LogP contribution in [0.3, 0.4) is 0 Å². The van der Waals surface area contributed by atoms with Crippen LogP contribution in [0.4, 0.5) is 4.39 Å². The lowest BCUT2D eigenvalue weighted by molar-refractivity contribution is 0.483. The summed E-state index contributed by atoms with van der Waals surface area (Å²) in [6.45, 7) is 2.10. The Kier molecular flexibility index (Phi) is 3.71. The monoisotopic (exact) mass is 284 g/mol. The summed E-state index contributed by atoms with van der Waals surface area (Å²) in [5, 5.41) is 4.00. The van der Waals surface area contributed by atoms with E-state index in [0.717, 1.165) is 23.3 Å². The second-order valence-corrected chi connectivity index (χ2v) is 4.95. The van der Waals surface area contributed by atoms with Crippen LogP contribution in [0.5, 0.6) is 0 Å². The van der Waals surface area contributed by atoms with E-state index in [2.05, 4.69) is 23.3 Å². The fourth-order valence-corrected chi connectivity index (χ4v) is 2.60. The highest BCUT2D eigenvalue weighted by atomic mass is 19.1. The molecule has 4 heteroatoms. The third kappa shape index (κ3) is 2.54. The molecule has 0 spiro atoms. The van der Waals surface area contributed by atoms with E-state index >= 15 is 0 Å². The molecule has 0 aliphatic carbocycles. The molecular formula is C17H17FN2O. The third-order valence-electron chi connectivity index (χ3n) is 3.65. The summed E-state index contributed by atoms with van der Waals surface area (Å²) in [6.07, 6.45) is 2.68. The Bertz CT molecular complexity index is 766. The first-order valence-electron chi connectivity index (χ1n) is 7.03. The van der Waals surface area contributed by atoms with Crippen molar-refractivity contribution in [1.29, 1.82) is 0 Å². The van der Waals surface area contributed by atoms with E-state index in [1.807, 2.05) is 19.2 Å². The van der Waals surface area contributed by atoms with Crippen molar-refractivity contribution in [3.05, 3.63) is 65.4 Å². The van der Waals surface area contributed by atoms with Crippen LogP contribution in [0.15, 0.2) is 47.0 Å². The van der Waals surface area contributed by atoms with Gasteiger partial charge in [0.05, 0.1) is 5.69 Å². The first kappa shape index (κ1) is 13.8. The number of nitrogens with one attached hydrogen (secondary N) is 1. The zero-order valence-corrected chi connectivity index (χ0v) is 12.1. The molecule has 3 nitrogen and oxygen atoms in total. The van der Waals surface area contributed by atoms with Gasteiger partial charge in [-0.15, -0.1) is 0 Å². The van der Waals surface area contributed by atoms with Crippen molar-refractivity contribution in [3.63, 3.8) is 0 Å². The molecule has 0 bridgehead atoms.